The number of carbonyl (C=O) groups excluding carboxylic acids is 2. The number of rotatable bonds is 9. The molecule has 1 aliphatic carbocycles. The van der Waals surface area contributed by atoms with Gasteiger partial charge in [0, 0.05) is 23.5 Å². The molecule has 4 rings (SSSR count). The number of nitrogens with zero attached hydrogens (tertiary/aromatic N) is 1. The molecule has 3 aromatic carbocycles. The fourth-order valence-corrected chi connectivity index (χ4v) is 5.77. The monoisotopic (exact) mass is 490 g/mol. The smallest absolute Gasteiger partial charge is 0.258 e. The number of hydrogen-bond acceptors (Lipinski definition) is 4. The third kappa shape index (κ3) is 6.17. The molecule has 0 spiro atoms. The van der Waals surface area contributed by atoms with Crippen molar-refractivity contribution in [1.82, 2.24) is 0 Å². The van der Waals surface area contributed by atoms with Crippen molar-refractivity contribution in [2.45, 2.75) is 38.0 Å². The van der Waals surface area contributed by atoms with Crippen LogP contribution in [-0.2, 0) is 21.1 Å². The Morgan fingerprint density at radius 3 is 2.26 bits per heavy atom. The third-order valence-corrected chi connectivity index (χ3v) is 8.07. The Hall–Kier alpha value is -3.45. The SMILES string of the molecule is CCN(C(=O)c1ccc(NC(=O)Cc2ccc(S(=O)(=O)CC3CC3)cc2)cc1C)c1ccccc1. The zero-order valence-electron chi connectivity index (χ0n) is 20.0. The minimum atomic E-state index is -3.26. The first-order valence-electron chi connectivity index (χ1n) is 11.9. The molecule has 1 N–H and O–H groups in total. The van der Waals surface area contributed by atoms with Crippen LogP contribution in [0.4, 0.5) is 11.4 Å². The van der Waals surface area contributed by atoms with Gasteiger partial charge in [0.15, 0.2) is 9.84 Å². The first-order chi connectivity index (χ1) is 16.8. The summed E-state index contributed by atoms with van der Waals surface area (Å²) in [6.07, 6.45) is 2.09. The molecular formula is C28H30N2O4S. The van der Waals surface area contributed by atoms with Crippen LogP contribution in [0.1, 0.15) is 41.3 Å². The maximum atomic E-state index is 13.1. The summed E-state index contributed by atoms with van der Waals surface area (Å²) in [5.41, 5.74) is 3.53. The lowest BCUT2D eigenvalue weighted by Crippen LogP contribution is -2.31. The van der Waals surface area contributed by atoms with Gasteiger partial charge in [-0.1, -0.05) is 30.3 Å². The van der Waals surface area contributed by atoms with Gasteiger partial charge in [-0.3, -0.25) is 9.59 Å². The number of amides is 2. The van der Waals surface area contributed by atoms with Gasteiger partial charge < -0.3 is 10.2 Å². The van der Waals surface area contributed by atoms with Gasteiger partial charge in [-0.2, -0.15) is 0 Å². The van der Waals surface area contributed by atoms with Crippen LogP contribution in [0, 0.1) is 12.8 Å². The lowest BCUT2D eigenvalue weighted by atomic mass is 10.1. The van der Waals surface area contributed by atoms with E-state index in [-0.39, 0.29) is 24.0 Å². The van der Waals surface area contributed by atoms with Crippen LogP contribution in [0.15, 0.2) is 77.7 Å². The van der Waals surface area contributed by atoms with Gasteiger partial charge in [-0.25, -0.2) is 8.42 Å². The van der Waals surface area contributed by atoms with Crippen molar-refractivity contribution in [3.63, 3.8) is 0 Å². The number of hydrogen-bond donors (Lipinski definition) is 1. The van der Waals surface area contributed by atoms with Crippen LogP contribution in [0.2, 0.25) is 0 Å². The van der Waals surface area contributed by atoms with E-state index in [1.54, 1.807) is 47.4 Å². The first kappa shape index (κ1) is 24.7. The predicted octanol–water partition coefficient (Wildman–Crippen LogP) is 5.03. The molecule has 0 aliphatic heterocycles. The Morgan fingerprint density at radius 1 is 0.971 bits per heavy atom. The van der Waals surface area contributed by atoms with Crippen molar-refractivity contribution in [3.05, 3.63) is 89.5 Å². The van der Waals surface area contributed by atoms with Crippen molar-refractivity contribution < 1.29 is 18.0 Å². The average molecular weight is 491 g/mol. The van der Waals surface area contributed by atoms with E-state index in [4.69, 9.17) is 0 Å². The van der Waals surface area contributed by atoms with Crippen LogP contribution in [-0.4, -0.2) is 32.5 Å². The number of sulfone groups is 1. The molecule has 0 aromatic heterocycles. The van der Waals surface area contributed by atoms with E-state index in [2.05, 4.69) is 5.32 Å². The molecule has 0 atom stereocenters. The highest BCUT2D eigenvalue weighted by Crippen LogP contribution is 2.32. The Morgan fingerprint density at radius 2 is 1.66 bits per heavy atom. The lowest BCUT2D eigenvalue weighted by Gasteiger charge is -2.22. The molecule has 7 heteroatoms. The molecule has 2 amide bonds. The van der Waals surface area contributed by atoms with Gasteiger partial charge in [-0.05, 0) is 86.2 Å². The molecule has 1 fully saturated rings. The van der Waals surface area contributed by atoms with Gasteiger partial charge >= 0.3 is 0 Å². The van der Waals surface area contributed by atoms with Gasteiger partial charge in [0.25, 0.3) is 5.91 Å². The fourth-order valence-electron chi connectivity index (χ4n) is 4.07. The van der Waals surface area contributed by atoms with Crippen LogP contribution in [0.3, 0.4) is 0 Å². The second-order valence-corrected chi connectivity index (χ2v) is 11.0. The topological polar surface area (TPSA) is 83.6 Å². The second-order valence-electron chi connectivity index (χ2n) is 9.01. The van der Waals surface area contributed by atoms with Crippen LogP contribution in [0.5, 0.6) is 0 Å². The maximum absolute atomic E-state index is 13.1. The highest BCUT2D eigenvalue weighted by Gasteiger charge is 2.29. The zero-order chi connectivity index (χ0) is 25.0. The Balaban J connectivity index is 1.39. The van der Waals surface area contributed by atoms with E-state index in [0.717, 1.165) is 29.7 Å². The highest BCUT2D eigenvalue weighted by molar-refractivity contribution is 7.91. The normalized spacial score (nSPS) is 13.3. The summed E-state index contributed by atoms with van der Waals surface area (Å²) < 4.78 is 24.8. The predicted molar refractivity (Wildman–Crippen MR) is 139 cm³/mol. The van der Waals surface area contributed by atoms with E-state index in [9.17, 15) is 18.0 Å². The molecule has 6 nitrogen and oxygen atoms in total. The van der Waals surface area contributed by atoms with E-state index < -0.39 is 9.84 Å². The molecule has 35 heavy (non-hydrogen) atoms. The minimum Gasteiger partial charge on any atom is -0.326 e. The molecule has 0 heterocycles. The summed E-state index contributed by atoms with van der Waals surface area (Å²) in [5.74, 6) is 0.188. The van der Waals surface area contributed by atoms with E-state index >= 15 is 0 Å². The van der Waals surface area contributed by atoms with Gasteiger partial charge in [-0.15, -0.1) is 0 Å². The van der Waals surface area contributed by atoms with Crippen molar-refractivity contribution in [1.29, 1.82) is 0 Å². The summed E-state index contributed by atoms with van der Waals surface area (Å²) in [7, 11) is -3.26. The van der Waals surface area contributed by atoms with Gasteiger partial charge in [0.1, 0.15) is 0 Å². The summed E-state index contributed by atoms with van der Waals surface area (Å²) in [6, 6.07) is 21.3. The Kier molecular flexibility index (Phi) is 7.36. The quantitative estimate of drug-likeness (QED) is 0.456. The molecule has 182 valence electrons. The number of para-hydroxylation sites is 1. The molecule has 0 saturated heterocycles. The fraction of sp³-hybridized carbons (Fsp3) is 0.286. The Bertz CT molecular complexity index is 1310. The molecular weight excluding hydrogens is 460 g/mol. The second kappa shape index (κ2) is 10.4. The number of benzene rings is 3. The van der Waals surface area contributed by atoms with Crippen LogP contribution in [0.25, 0.3) is 0 Å². The molecule has 1 aliphatic rings. The largest absolute Gasteiger partial charge is 0.326 e. The number of nitrogens with one attached hydrogen (secondary N) is 1. The lowest BCUT2D eigenvalue weighted by molar-refractivity contribution is -0.115. The molecule has 1 saturated carbocycles. The van der Waals surface area contributed by atoms with Gasteiger partial charge in [0.05, 0.1) is 17.1 Å². The van der Waals surface area contributed by atoms with E-state index in [1.807, 2.05) is 44.2 Å². The molecule has 3 aromatic rings. The third-order valence-electron chi connectivity index (χ3n) is 6.17. The van der Waals surface area contributed by atoms with E-state index in [0.29, 0.717) is 28.6 Å². The van der Waals surface area contributed by atoms with E-state index in [1.165, 1.54) is 0 Å². The van der Waals surface area contributed by atoms with Gasteiger partial charge in [0.2, 0.25) is 5.91 Å². The number of aryl methyl sites for hydroxylation is 1. The molecule has 0 unspecified atom stereocenters. The Labute approximate surface area is 206 Å². The zero-order valence-corrected chi connectivity index (χ0v) is 20.8. The minimum absolute atomic E-state index is 0.0918. The maximum Gasteiger partial charge on any atom is 0.258 e. The van der Waals surface area contributed by atoms with Crippen LogP contribution >= 0.6 is 0 Å². The van der Waals surface area contributed by atoms with Crippen molar-refractivity contribution >= 4 is 33.0 Å². The molecule has 0 bridgehead atoms. The van der Waals surface area contributed by atoms with Crippen molar-refractivity contribution in [2.75, 3.05) is 22.5 Å². The van der Waals surface area contributed by atoms with Crippen molar-refractivity contribution in [2.24, 2.45) is 5.92 Å². The summed E-state index contributed by atoms with van der Waals surface area (Å²) >= 11 is 0. The average Bonchev–Trinajstić information content (AvgIpc) is 3.64. The van der Waals surface area contributed by atoms with Crippen molar-refractivity contribution in [3.8, 4) is 0 Å². The first-order valence-corrected chi connectivity index (χ1v) is 13.5. The summed E-state index contributed by atoms with van der Waals surface area (Å²) in [5, 5.41) is 2.87. The standard InChI is InChI=1S/C28H30N2O4S/c1-3-30(24-7-5-4-6-8-24)28(32)26-16-13-23(17-20(26)2)29-27(31)18-21-11-14-25(15-12-21)35(33,34)19-22-9-10-22/h4-8,11-17,22H,3,9-10,18-19H2,1-2H3,(H,29,31). The summed E-state index contributed by atoms with van der Waals surface area (Å²) in [6.45, 7) is 4.33. The summed E-state index contributed by atoms with van der Waals surface area (Å²) in [4.78, 5) is 27.7. The number of anilines is 2. The number of carbonyl (C=O) groups is 2. The molecule has 0 radical (unpaired) electrons. The highest BCUT2D eigenvalue weighted by atomic mass is 32.2. The van der Waals surface area contributed by atoms with Crippen LogP contribution < -0.4 is 10.2 Å².